The summed E-state index contributed by atoms with van der Waals surface area (Å²) < 4.78 is 5.12. The SMILES string of the molecule is Cc1ccccc1NC(=O)COC(=O)CCCCCN1C(=O)[C@@H]2C3c4ccccc4C(c4ccccc43)[C@H]2C1=O. The molecule has 1 heterocycles. The molecular weight excluding hydrogens is 504 g/mol. The number of ether oxygens (including phenoxy) is 1. The van der Waals surface area contributed by atoms with Crippen molar-refractivity contribution in [2.45, 2.75) is 44.4 Å². The summed E-state index contributed by atoms with van der Waals surface area (Å²) >= 11 is 0. The van der Waals surface area contributed by atoms with Gasteiger partial charge < -0.3 is 10.1 Å². The number of esters is 1. The van der Waals surface area contributed by atoms with E-state index in [-0.39, 0.29) is 54.4 Å². The summed E-state index contributed by atoms with van der Waals surface area (Å²) in [7, 11) is 0. The van der Waals surface area contributed by atoms with Gasteiger partial charge in [-0.3, -0.25) is 24.1 Å². The second kappa shape index (κ2) is 10.7. The van der Waals surface area contributed by atoms with Crippen molar-refractivity contribution < 1.29 is 23.9 Å². The summed E-state index contributed by atoms with van der Waals surface area (Å²) in [5.74, 6) is -1.88. The number of nitrogens with zero attached hydrogens (tertiary/aromatic N) is 1. The molecule has 3 aromatic carbocycles. The maximum Gasteiger partial charge on any atom is 0.306 e. The molecule has 3 aliphatic carbocycles. The lowest BCUT2D eigenvalue weighted by molar-refractivity contribution is -0.147. The van der Waals surface area contributed by atoms with Crippen LogP contribution in [0.25, 0.3) is 0 Å². The minimum atomic E-state index is -0.439. The average molecular weight is 537 g/mol. The number of unbranched alkanes of at least 4 members (excludes halogenated alkanes) is 2. The Hall–Kier alpha value is -4.26. The van der Waals surface area contributed by atoms with Gasteiger partial charge in [-0.05, 0) is 53.6 Å². The van der Waals surface area contributed by atoms with E-state index < -0.39 is 5.97 Å². The van der Waals surface area contributed by atoms with Crippen LogP contribution in [0.3, 0.4) is 0 Å². The predicted molar refractivity (Wildman–Crippen MR) is 150 cm³/mol. The number of imide groups is 1. The van der Waals surface area contributed by atoms with Crippen molar-refractivity contribution in [2.75, 3.05) is 18.5 Å². The zero-order valence-electron chi connectivity index (χ0n) is 22.5. The molecule has 0 radical (unpaired) electrons. The first-order valence-electron chi connectivity index (χ1n) is 14.0. The molecule has 0 unspecified atom stereocenters. The highest BCUT2D eigenvalue weighted by atomic mass is 16.5. The monoisotopic (exact) mass is 536 g/mol. The second-order valence-electron chi connectivity index (χ2n) is 10.9. The van der Waals surface area contributed by atoms with Crippen LogP contribution in [-0.4, -0.2) is 41.7 Å². The number of para-hydroxylation sites is 1. The molecule has 40 heavy (non-hydrogen) atoms. The Bertz CT molecular complexity index is 1380. The Morgan fingerprint density at radius 1 is 0.750 bits per heavy atom. The number of anilines is 1. The molecule has 1 aliphatic heterocycles. The largest absolute Gasteiger partial charge is 0.456 e. The van der Waals surface area contributed by atoms with Crippen LogP contribution in [0.15, 0.2) is 72.8 Å². The standard InChI is InChI=1S/C33H32N2O5/c1-20-11-4-9-16-25(20)34-26(36)19-40-27(37)17-3-2-10-18-35-32(38)30-28-21-12-5-6-13-22(21)29(31(30)33(35)39)24-15-8-7-14-23(24)28/h4-9,11-16,28-31H,2-3,10,17-19H2,1H3,(H,34,36)/t28?,29?,30-,31-/m1/s1. The lowest BCUT2D eigenvalue weighted by atomic mass is 9.55. The van der Waals surface area contributed by atoms with Gasteiger partial charge in [0.2, 0.25) is 11.8 Å². The summed E-state index contributed by atoms with van der Waals surface area (Å²) in [5.41, 5.74) is 6.29. The molecule has 1 fully saturated rings. The molecule has 1 N–H and O–H groups in total. The fourth-order valence-electron chi connectivity index (χ4n) is 6.79. The smallest absolute Gasteiger partial charge is 0.306 e. The second-order valence-corrected chi connectivity index (χ2v) is 10.9. The fraction of sp³-hybridized carbons (Fsp3) is 0.333. The molecule has 204 valence electrons. The van der Waals surface area contributed by atoms with Crippen molar-refractivity contribution >= 4 is 29.4 Å². The van der Waals surface area contributed by atoms with Crippen LogP contribution in [0.1, 0.15) is 65.3 Å². The highest BCUT2D eigenvalue weighted by molar-refractivity contribution is 6.07. The third-order valence-electron chi connectivity index (χ3n) is 8.59. The molecule has 0 spiro atoms. The van der Waals surface area contributed by atoms with E-state index in [1.54, 1.807) is 6.07 Å². The van der Waals surface area contributed by atoms with Crippen molar-refractivity contribution in [3.8, 4) is 0 Å². The van der Waals surface area contributed by atoms with Gasteiger partial charge in [0.15, 0.2) is 6.61 Å². The van der Waals surface area contributed by atoms with Crippen LogP contribution in [0.5, 0.6) is 0 Å². The highest BCUT2D eigenvalue weighted by Crippen LogP contribution is 2.60. The first-order valence-corrected chi connectivity index (χ1v) is 14.0. The molecule has 1 saturated heterocycles. The fourth-order valence-corrected chi connectivity index (χ4v) is 6.79. The number of hydrogen-bond acceptors (Lipinski definition) is 5. The number of amides is 3. The van der Waals surface area contributed by atoms with Crippen molar-refractivity contribution in [2.24, 2.45) is 11.8 Å². The summed E-state index contributed by atoms with van der Waals surface area (Å²) in [6.45, 7) is 1.91. The van der Waals surface area contributed by atoms with E-state index in [9.17, 15) is 19.2 Å². The Morgan fingerprint density at radius 2 is 1.27 bits per heavy atom. The summed E-state index contributed by atoms with van der Waals surface area (Å²) in [5, 5.41) is 2.74. The van der Waals surface area contributed by atoms with Crippen LogP contribution in [0.2, 0.25) is 0 Å². The lowest BCUT2D eigenvalue weighted by Gasteiger charge is -2.45. The Kier molecular flexibility index (Phi) is 6.96. The van der Waals surface area contributed by atoms with Crippen LogP contribution in [0, 0.1) is 18.8 Å². The van der Waals surface area contributed by atoms with Gasteiger partial charge in [-0.25, -0.2) is 0 Å². The molecule has 2 bridgehead atoms. The third-order valence-corrected chi connectivity index (χ3v) is 8.59. The third kappa shape index (κ3) is 4.49. The van der Waals surface area contributed by atoms with Crippen molar-refractivity contribution in [3.63, 3.8) is 0 Å². The molecule has 3 aromatic rings. The molecular formula is C33H32N2O5. The number of rotatable bonds is 9. The summed E-state index contributed by atoms with van der Waals surface area (Å²) in [6, 6.07) is 23.9. The Labute approximate surface area is 233 Å². The van der Waals surface area contributed by atoms with Gasteiger partial charge in [0.25, 0.3) is 5.91 Å². The van der Waals surface area contributed by atoms with Gasteiger partial charge in [0.05, 0.1) is 11.8 Å². The van der Waals surface area contributed by atoms with E-state index in [1.165, 1.54) is 27.2 Å². The Morgan fingerprint density at radius 3 is 1.82 bits per heavy atom. The number of carbonyl (C=O) groups excluding carboxylic acids is 4. The summed E-state index contributed by atoms with van der Waals surface area (Å²) in [6.07, 6.45) is 2.03. The lowest BCUT2D eigenvalue weighted by Crippen LogP contribution is -2.41. The Balaban J connectivity index is 1.01. The quantitative estimate of drug-likeness (QED) is 0.238. The minimum absolute atomic E-state index is 0.0759. The van der Waals surface area contributed by atoms with Crippen molar-refractivity contribution in [3.05, 3.63) is 101 Å². The molecule has 7 rings (SSSR count). The number of nitrogens with one attached hydrogen (secondary N) is 1. The summed E-state index contributed by atoms with van der Waals surface area (Å²) in [4.78, 5) is 52.9. The van der Waals surface area contributed by atoms with E-state index in [0.717, 1.165) is 5.56 Å². The molecule has 0 aromatic heterocycles. The number of aryl methyl sites for hydroxylation is 1. The van der Waals surface area contributed by atoms with E-state index >= 15 is 0 Å². The number of hydrogen-bond donors (Lipinski definition) is 1. The van der Waals surface area contributed by atoms with Gasteiger partial charge >= 0.3 is 5.97 Å². The molecule has 2 atom stereocenters. The van der Waals surface area contributed by atoms with Gasteiger partial charge in [-0.2, -0.15) is 0 Å². The first kappa shape index (κ1) is 26.0. The van der Waals surface area contributed by atoms with Gasteiger partial charge in [0.1, 0.15) is 0 Å². The highest BCUT2D eigenvalue weighted by Gasteiger charge is 2.61. The van der Waals surface area contributed by atoms with Gasteiger partial charge in [0, 0.05) is 30.5 Å². The van der Waals surface area contributed by atoms with Crippen LogP contribution >= 0.6 is 0 Å². The van der Waals surface area contributed by atoms with Crippen molar-refractivity contribution in [1.29, 1.82) is 0 Å². The molecule has 7 nitrogen and oxygen atoms in total. The molecule has 7 heteroatoms. The van der Waals surface area contributed by atoms with E-state index in [1.807, 2.05) is 49.4 Å². The van der Waals surface area contributed by atoms with E-state index in [2.05, 4.69) is 29.6 Å². The number of likely N-dealkylation sites (tertiary alicyclic amines) is 1. The number of benzene rings is 3. The normalized spacial score (nSPS) is 22.0. The van der Waals surface area contributed by atoms with Crippen molar-refractivity contribution in [1.82, 2.24) is 4.90 Å². The minimum Gasteiger partial charge on any atom is -0.456 e. The van der Waals surface area contributed by atoms with Gasteiger partial charge in [-0.15, -0.1) is 0 Å². The van der Waals surface area contributed by atoms with Crippen LogP contribution < -0.4 is 5.32 Å². The topological polar surface area (TPSA) is 92.8 Å². The van der Waals surface area contributed by atoms with Crippen LogP contribution in [-0.2, 0) is 23.9 Å². The molecule has 4 aliphatic rings. The van der Waals surface area contributed by atoms with E-state index in [4.69, 9.17) is 4.74 Å². The zero-order chi connectivity index (χ0) is 27.8. The van der Waals surface area contributed by atoms with Gasteiger partial charge in [-0.1, -0.05) is 73.2 Å². The maximum atomic E-state index is 13.6. The average Bonchev–Trinajstić information content (AvgIpc) is 3.22. The molecule has 3 amide bonds. The number of carbonyl (C=O) groups is 4. The maximum absolute atomic E-state index is 13.6. The van der Waals surface area contributed by atoms with Crippen LogP contribution in [0.4, 0.5) is 5.69 Å². The zero-order valence-corrected chi connectivity index (χ0v) is 22.5. The molecule has 0 saturated carbocycles. The first-order chi connectivity index (χ1) is 19.5. The van der Waals surface area contributed by atoms with E-state index in [0.29, 0.717) is 31.5 Å². The predicted octanol–water partition coefficient (Wildman–Crippen LogP) is 4.93.